The van der Waals surface area contributed by atoms with Gasteiger partial charge in [-0.2, -0.15) is 13.2 Å². The van der Waals surface area contributed by atoms with Crippen LogP contribution in [0.4, 0.5) is 13.2 Å². The molecular weight excluding hydrogens is 275 g/mol. The van der Waals surface area contributed by atoms with E-state index in [0.717, 1.165) is 19.3 Å². The molecule has 1 aliphatic rings. The Kier molecular flexibility index (Phi) is 4.97. The summed E-state index contributed by atoms with van der Waals surface area (Å²) in [5.74, 6) is 1.07. The quantitative estimate of drug-likeness (QED) is 0.850. The second-order valence-electron chi connectivity index (χ2n) is 6.50. The Bertz CT molecular complexity index is 467. The molecule has 1 fully saturated rings. The van der Waals surface area contributed by atoms with Gasteiger partial charge in [-0.05, 0) is 61.1 Å². The number of benzene rings is 1. The lowest BCUT2D eigenvalue weighted by Crippen LogP contribution is -2.32. The van der Waals surface area contributed by atoms with Gasteiger partial charge in [0.1, 0.15) is 0 Å². The van der Waals surface area contributed by atoms with Gasteiger partial charge in [-0.15, -0.1) is 0 Å². The van der Waals surface area contributed by atoms with Crippen molar-refractivity contribution in [3.63, 3.8) is 0 Å². The van der Waals surface area contributed by atoms with E-state index in [9.17, 15) is 13.2 Å². The van der Waals surface area contributed by atoms with Crippen LogP contribution in [0.2, 0.25) is 0 Å². The predicted molar refractivity (Wildman–Crippen MR) is 78.9 cm³/mol. The zero-order valence-electron chi connectivity index (χ0n) is 12.7. The first kappa shape index (κ1) is 16.3. The Labute approximate surface area is 124 Å². The zero-order chi connectivity index (χ0) is 15.6. The summed E-state index contributed by atoms with van der Waals surface area (Å²) in [7, 11) is 0. The van der Waals surface area contributed by atoms with E-state index in [1.807, 2.05) is 0 Å². The third-order valence-corrected chi connectivity index (χ3v) is 4.95. The van der Waals surface area contributed by atoms with Gasteiger partial charge in [-0.25, -0.2) is 0 Å². The Morgan fingerprint density at radius 3 is 2.43 bits per heavy atom. The van der Waals surface area contributed by atoms with Crippen molar-refractivity contribution in [2.75, 3.05) is 6.54 Å². The monoisotopic (exact) mass is 299 g/mol. The van der Waals surface area contributed by atoms with Gasteiger partial charge in [0.15, 0.2) is 0 Å². The molecule has 2 N–H and O–H groups in total. The van der Waals surface area contributed by atoms with Crippen LogP contribution >= 0.6 is 0 Å². The molecule has 1 saturated carbocycles. The number of hydrogen-bond acceptors (Lipinski definition) is 1. The molecule has 0 spiro atoms. The van der Waals surface area contributed by atoms with Gasteiger partial charge < -0.3 is 5.73 Å². The third kappa shape index (κ3) is 3.60. The maximum atomic E-state index is 13.3. The summed E-state index contributed by atoms with van der Waals surface area (Å²) >= 11 is 0. The van der Waals surface area contributed by atoms with Crippen molar-refractivity contribution in [3.8, 4) is 0 Å². The summed E-state index contributed by atoms with van der Waals surface area (Å²) < 4.78 is 39.8. The minimum absolute atomic E-state index is 0.0750. The lowest BCUT2D eigenvalue weighted by atomic mass is 9.67. The average molecular weight is 299 g/mol. The molecule has 2 rings (SSSR count). The number of rotatable bonds is 3. The average Bonchev–Trinajstić information content (AvgIpc) is 2.45. The lowest BCUT2D eigenvalue weighted by molar-refractivity contribution is -0.138. The zero-order valence-corrected chi connectivity index (χ0v) is 12.7. The van der Waals surface area contributed by atoms with Crippen LogP contribution in [0.5, 0.6) is 0 Å². The van der Waals surface area contributed by atoms with Crippen molar-refractivity contribution in [3.05, 3.63) is 35.4 Å². The van der Waals surface area contributed by atoms with E-state index in [1.165, 1.54) is 12.1 Å². The van der Waals surface area contributed by atoms with Gasteiger partial charge in [-0.1, -0.05) is 32.0 Å². The summed E-state index contributed by atoms with van der Waals surface area (Å²) in [5.41, 5.74) is 5.78. The van der Waals surface area contributed by atoms with Gasteiger partial charge in [0.25, 0.3) is 0 Å². The SMILES string of the molecule is CC(C)C1CCC(CN)C(c2ccccc2C(F)(F)F)C1. The molecule has 0 aromatic heterocycles. The molecule has 1 aliphatic carbocycles. The standard InChI is InChI=1S/C17H24F3N/c1-11(2)12-7-8-13(10-21)15(9-12)14-5-3-4-6-16(14)17(18,19)20/h3-6,11-13,15H,7-10,21H2,1-2H3. The molecule has 4 heteroatoms. The van der Waals surface area contributed by atoms with Gasteiger partial charge >= 0.3 is 6.18 Å². The van der Waals surface area contributed by atoms with E-state index in [0.29, 0.717) is 23.9 Å². The van der Waals surface area contributed by atoms with Crippen LogP contribution in [0, 0.1) is 17.8 Å². The van der Waals surface area contributed by atoms with Crippen molar-refractivity contribution >= 4 is 0 Å². The first-order valence-electron chi connectivity index (χ1n) is 7.70. The van der Waals surface area contributed by atoms with E-state index in [4.69, 9.17) is 5.73 Å². The Hall–Kier alpha value is -1.03. The Morgan fingerprint density at radius 2 is 1.86 bits per heavy atom. The highest BCUT2D eigenvalue weighted by Gasteiger charge is 2.39. The highest BCUT2D eigenvalue weighted by molar-refractivity contribution is 5.33. The fourth-order valence-electron chi connectivity index (χ4n) is 3.61. The largest absolute Gasteiger partial charge is 0.416 e. The van der Waals surface area contributed by atoms with Crippen LogP contribution in [0.15, 0.2) is 24.3 Å². The lowest BCUT2D eigenvalue weighted by Gasteiger charge is -2.38. The fourth-order valence-corrected chi connectivity index (χ4v) is 3.61. The maximum Gasteiger partial charge on any atom is 0.416 e. The number of hydrogen-bond donors (Lipinski definition) is 1. The third-order valence-electron chi connectivity index (χ3n) is 4.95. The number of nitrogens with two attached hydrogens (primary N) is 1. The highest BCUT2D eigenvalue weighted by atomic mass is 19.4. The van der Waals surface area contributed by atoms with Crippen molar-refractivity contribution in [1.82, 2.24) is 0 Å². The minimum atomic E-state index is -4.29. The maximum absolute atomic E-state index is 13.3. The molecule has 0 amide bonds. The van der Waals surface area contributed by atoms with Crippen LogP contribution < -0.4 is 5.73 Å². The van der Waals surface area contributed by atoms with E-state index in [1.54, 1.807) is 12.1 Å². The highest BCUT2D eigenvalue weighted by Crippen LogP contribution is 2.46. The summed E-state index contributed by atoms with van der Waals surface area (Å²) in [6, 6.07) is 6.00. The predicted octanol–water partition coefficient (Wildman–Crippen LogP) is 4.82. The van der Waals surface area contributed by atoms with Gasteiger partial charge in [0, 0.05) is 0 Å². The topological polar surface area (TPSA) is 26.0 Å². The summed E-state index contributed by atoms with van der Waals surface area (Å²) in [6.45, 7) is 4.77. The molecule has 1 aromatic rings. The van der Waals surface area contributed by atoms with Crippen molar-refractivity contribution in [1.29, 1.82) is 0 Å². The van der Waals surface area contributed by atoms with Crippen LogP contribution in [0.3, 0.4) is 0 Å². The molecule has 1 aromatic carbocycles. The first-order valence-corrected chi connectivity index (χ1v) is 7.70. The Morgan fingerprint density at radius 1 is 1.19 bits per heavy atom. The molecule has 0 aliphatic heterocycles. The normalized spacial score (nSPS) is 27.1. The smallest absolute Gasteiger partial charge is 0.330 e. The molecule has 118 valence electrons. The van der Waals surface area contributed by atoms with Crippen molar-refractivity contribution in [2.45, 2.75) is 45.2 Å². The van der Waals surface area contributed by atoms with E-state index in [2.05, 4.69) is 13.8 Å². The van der Waals surface area contributed by atoms with Crippen LogP contribution in [-0.2, 0) is 6.18 Å². The molecule has 0 radical (unpaired) electrons. The Balaban J connectivity index is 2.37. The molecular formula is C17H24F3N. The fraction of sp³-hybridized carbons (Fsp3) is 0.647. The van der Waals surface area contributed by atoms with E-state index >= 15 is 0 Å². The van der Waals surface area contributed by atoms with E-state index in [-0.39, 0.29) is 11.8 Å². The minimum Gasteiger partial charge on any atom is -0.330 e. The molecule has 3 atom stereocenters. The summed E-state index contributed by atoms with van der Waals surface area (Å²) in [5, 5.41) is 0. The first-order chi connectivity index (χ1) is 9.84. The number of alkyl halides is 3. The molecule has 0 heterocycles. The summed E-state index contributed by atoms with van der Waals surface area (Å²) in [4.78, 5) is 0. The van der Waals surface area contributed by atoms with Crippen LogP contribution in [0.25, 0.3) is 0 Å². The second kappa shape index (κ2) is 6.39. The van der Waals surface area contributed by atoms with Crippen LogP contribution in [0.1, 0.15) is 50.2 Å². The molecule has 21 heavy (non-hydrogen) atoms. The van der Waals surface area contributed by atoms with E-state index < -0.39 is 11.7 Å². The van der Waals surface area contributed by atoms with Crippen LogP contribution in [-0.4, -0.2) is 6.54 Å². The molecule has 1 nitrogen and oxygen atoms in total. The molecule has 0 saturated heterocycles. The molecule has 0 bridgehead atoms. The summed E-state index contributed by atoms with van der Waals surface area (Å²) in [6.07, 6.45) is -1.48. The van der Waals surface area contributed by atoms with Gasteiger partial charge in [-0.3, -0.25) is 0 Å². The van der Waals surface area contributed by atoms with Gasteiger partial charge in [0.05, 0.1) is 5.56 Å². The van der Waals surface area contributed by atoms with Gasteiger partial charge in [0.2, 0.25) is 0 Å². The van der Waals surface area contributed by atoms with Crippen molar-refractivity contribution in [2.24, 2.45) is 23.5 Å². The van der Waals surface area contributed by atoms with Crippen molar-refractivity contribution < 1.29 is 13.2 Å². The second-order valence-corrected chi connectivity index (χ2v) is 6.50. The number of halogens is 3. The molecule has 3 unspecified atom stereocenters.